The largest absolute Gasteiger partial charge is 0.355 e. The van der Waals surface area contributed by atoms with Crippen LogP contribution in [0.15, 0.2) is 6.33 Å². The molecule has 2 aromatic rings. The maximum Gasteiger partial charge on any atom is 0.202 e. The number of thiazole rings is 1. The van der Waals surface area contributed by atoms with Gasteiger partial charge in [0.05, 0.1) is 17.2 Å². The monoisotopic (exact) mass is 226 g/mol. The van der Waals surface area contributed by atoms with Crippen molar-refractivity contribution in [1.29, 1.82) is 0 Å². The second-order valence-electron chi connectivity index (χ2n) is 2.84. The van der Waals surface area contributed by atoms with Gasteiger partial charge in [-0.3, -0.25) is 0 Å². The van der Waals surface area contributed by atoms with Gasteiger partial charge in [-0.2, -0.15) is 4.37 Å². The second kappa shape index (κ2) is 4.02. The molecule has 0 bridgehead atoms. The number of aryl methyl sites for hydroxylation is 2. The molecule has 2 rings (SSSR count). The normalized spacial score (nSPS) is 10.4. The Hall–Kier alpha value is -1.01. The van der Waals surface area contributed by atoms with E-state index in [0.717, 1.165) is 22.4 Å². The fourth-order valence-corrected chi connectivity index (χ4v) is 2.41. The second-order valence-corrected chi connectivity index (χ2v) is 5.02. The molecule has 0 amide bonds. The molecule has 0 aliphatic carbocycles. The molecule has 0 spiro atoms. The molecular formula is C8H10N4S2. The van der Waals surface area contributed by atoms with Gasteiger partial charge in [-0.05, 0) is 13.8 Å². The van der Waals surface area contributed by atoms with Crippen LogP contribution in [-0.4, -0.2) is 14.3 Å². The summed E-state index contributed by atoms with van der Waals surface area (Å²) < 4.78 is 3.91. The van der Waals surface area contributed by atoms with E-state index in [1.54, 1.807) is 17.7 Å². The van der Waals surface area contributed by atoms with Gasteiger partial charge in [-0.15, -0.1) is 11.3 Å². The fourth-order valence-electron chi connectivity index (χ4n) is 1.15. The highest BCUT2D eigenvalue weighted by Crippen LogP contribution is 2.17. The molecule has 1 N–H and O–H groups in total. The summed E-state index contributed by atoms with van der Waals surface area (Å²) in [5, 5.41) is 5.13. The van der Waals surface area contributed by atoms with Crippen molar-refractivity contribution in [3.63, 3.8) is 0 Å². The van der Waals surface area contributed by atoms with Gasteiger partial charge < -0.3 is 5.32 Å². The van der Waals surface area contributed by atoms with Crippen LogP contribution < -0.4 is 5.32 Å². The molecular weight excluding hydrogens is 216 g/mol. The Morgan fingerprint density at radius 3 is 2.86 bits per heavy atom. The number of hydrogen-bond donors (Lipinski definition) is 1. The first-order chi connectivity index (χ1) is 6.75. The molecule has 0 unspecified atom stereocenters. The van der Waals surface area contributed by atoms with E-state index in [0.29, 0.717) is 0 Å². The van der Waals surface area contributed by atoms with Crippen molar-refractivity contribution in [2.75, 3.05) is 5.32 Å². The molecule has 0 atom stereocenters. The number of anilines is 1. The Kier molecular flexibility index (Phi) is 2.74. The average molecular weight is 226 g/mol. The zero-order valence-corrected chi connectivity index (χ0v) is 9.58. The summed E-state index contributed by atoms with van der Waals surface area (Å²) in [5.41, 5.74) is 1.10. The van der Waals surface area contributed by atoms with Gasteiger partial charge in [-0.1, -0.05) is 0 Å². The molecule has 6 heteroatoms. The number of hydrogen-bond acceptors (Lipinski definition) is 6. The van der Waals surface area contributed by atoms with Gasteiger partial charge in [0.2, 0.25) is 5.13 Å². The molecule has 0 radical (unpaired) electrons. The number of nitrogens with zero attached hydrogens (tertiary/aromatic N) is 3. The van der Waals surface area contributed by atoms with Crippen LogP contribution in [0.4, 0.5) is 5.13 Å². The predicted octanol–water partition coefficient (Wildman–Crippen LogP) is 2.22. The van der Waals surface area contributed by atoms with E-state index in [9.17, 15) is 0 Å². The van der Waals surface area contributed by atoms with Gasteiger partial charge in [0.1, 0.15) is 6.33 Å². The third-order valence-electron chi connectivity index (χ3n) is 1.77. The summed E-state index contributed by atoms with van der Waals surface area (Å²) in [6, 6.07) is 0. The Labute approximate surface area is 90.2 Å². The first-order valence-electron chi connectivity index (χ1n) is 4.19. The first kappa shape index (κ1) is 9.54. The van der Waals surface area contributed by atoms with E-state index < -0.39 is 0 Å². The van der Waals surface area contributed by atoms with Crippen LogP contribution in [0, 0.1) is 13.8 Å². The van der Waals surface area contributed by atoms with Crippen LogP contribution in [0.25, 0.3) is 0 Å². The van der Waals surface area contributed by atoms with Gasteiger partial charge >= 0.3 is 0 Å². The highest BCUT2D eigenvalue weighted by Gasteiger charge is 2.04. The van der Waals surface area contributed by atoms with Crippen LogP contribution in [0.2, 0.25) is 0 Å². The van der Waals surface area contributed by atoms with Crippen LogP contribution in [0.5, 0.6) is 0 Å². The van der Waals surface area contributed by atoms with E-state index in [2.05, 4.69) is 26.6 Å². The molecule has 0 aliphatic heterocycles. The van der Waals surface area contributed by atoms with Crippen LogP contribution >= 0.6 is 22.9 Å². The van der Waals surface area contributed by atoms with E-state index in [4.69, 9.17) is 0 Å². The van der Waals surface area contributed by atoms with E-state index in [1.807, 2.05) is 6.92 Å². The molecule has 14 heavy (non-hydrogen) atoms. The lowest BCUT2D eigenvalue weighted by molar-refractivity contribution is 1.03. The molecule has 0 saturated heterocycles. The predicted molar refractivity (Wildman–Crippen MR) is 58.8 cm³/mol. The van der Waals surface area contributed by atoms with Crippen molar-refractivity contribution >= 4 is 28.0 Å². The molecule has 2 aromatic heterocycles. The van der Waals surface area contributed by atoms with Crippen molar-refractivity contribution < 1.29 is 0 Å². The van der Waals surface area contributed by atoms with Gasteiger partial charge in [0, 0.05) is 16.4 Å². The first-order valence-corrected chi connectivity index (χ1v) is 5.78. The van der Waals surface area contributed by atoms with Gasteiger partial charge in [-0.25, -0.2) is 9.97 Å². The molecule has 4 nitrogen and oxygen atoms in total. The molecule has 0 aliphatic rings. The summed E-state index contributed by atoms with van der Waals surface area (Å²) >= 11 is 3.08. The lowest BCUT2D eigenvalue weighted by Crippen LogP contribution is -2.00. The maximum atomic E-state index is 4.42. The lowest BCUT2D eigenvalue weighted by Gasteiger charge is -1.98. The van der Waals surface area contributed by atoms with Crippen LogP contribution in [0.3, 0.4) is 0 Å². The fraction of sp³-hybridized carbons (Fsp3) is 0.375. The highest BCUT2D eigenvalue weighted by atomic mass is 32.1. The minimum Gasteiger partial charge on any atom is -0.355 e. The highest BCUT2D eigenvalue weighted by molar-refractivity contribution is 7.11. The Morgan fingerprint density at radius 2 is 2.29 bits per heavy atom. The van der Waals surface area contributed by atoms with Crippen molar-refractivity contribution in [2.45, 2.75) is 20.4 Å². The summed E-state index contributed by atoms with van der Waals surface area (Å²) in [7, 11) is 0. The Bertz CT molecular complexity index is 407. The standard InChI is InChI=1S/C8H10N4S2/c1-5-7(12-6(2)13-5)3-9-8-10-4-11-14-8/h4H,3H2,1-2H3,(H,9,10,11). The number of aromatic nitrogens is 3. The van der Waals surface area contributed by atoms with Crippen molar-refractivity contribution in [2.24, 2.45) is 0 Å². The van der Waals surface area contributed by atoms with E-state index in [-0.39, 0.29) is 0 Å². The minimum absolute atomic E-state index is 0.728. The molecule has 0 fully saturated rings. The van der Waals surface area contributed by atoms with Gasteiger partial charge in [0.15, 0.2) is 0 Å². The van der Waals surface area contributed by atoms with Gasteiger partial charge in [0.25, 0.3) is 0 Å². The summed E-state index contributed by atoms with van der Waals surface area (Å²) in [6.45, 7) is 4.83. The third-order valence-corrected chi connectivity index (χ3v) is 3.32. The summed E-state index contributed by atoms with van der Waals surface area (Å²) in [4.78, 5) is 9.73. The maximum absolute atomic E-state index is 4.42. The zero-order valence-electron chi connectivity index (χ0n) is 7.94. The third kappa shape index (κ3) is 2.08. The van der Waals surface area contributed by atoms with Crippen molar-refractivity contribution in [3.05, 3.63) is 21.9 Å². The summed E-state index contributed by atoms with van der Waals surface area (Å²) in [6.07, 6.45) is 1.55. The van der Waals surface area contributed by atoms with Crippen molar-refractivity contribution in [1.82, 2.24) is 14.3 Å². The molecule has 0 aromatic carbocycles. The van der Waals surface area contributed by atoms with Crippen LogP contribution in [0.1, 0.15) is 15.6 Å². The topological polar surface area (TPSA) is 50.7 Å². The number of rotatable bonds is 3. The van der Waals surface area contributed by atoms with E-state index >= 15 is 0 Å². The average Bonchev–Trinajstić information content (AvgIpc) is 2.72. The number of nitrogens with one attached hydrogen (secondary N) is 1. The molecule has 2 heterocycles. The SMILES string of the molecule is Cc1nc(CNc2ncns2)c(C)s1. The van der Waals surface area contributed by atoms with E-state index in [1.165, 1.54) is 16.4 Å². The molecule has 74 valence electrons. The molecule has 0 saturated carbocycles. The quantitative estimate of drug-likeness (QED) is 0.872. The Morgan fingerprint density at radius 1 is 1.43 bits per heavy atom. The van der Waals surface area contributed by atoms with Crippen LogP contribution in [-0.2, 0) is 6.54 Å². The zero-order chi connectivity index (χ0) is 9.97. The Balaban J connectivity index is 2.01. The smallest absolute Gasteiger partial charge is 0.202 e. The summed E-state index contributed by atoms with van der Waals surface area (Å²) in [5.74, 6) is 0. The minimum atomic E-state index is 0.728. The lowest BCUT2D eigenvalue weighted by atomic mass is 10.4. The van der Waals surface area contributed by atoms with Crippen molar-refractivity contribution in [3.8, 4) is 0 Å².